The van der Waals surface area contributed by atoms with Gasteiger partial charge in [0.2, 0.25) is 0 Å². The third kappa shape index (κ3) is 3.88. The van der Waals surface area contributed by atoms with Crippen LogP contribution in [0.25, 0.3) is 10.2 Å². The van der Waals surface area contributed by atoms with Crippen LogP contribution in [0.3, 0.4) is 0 Å². The number of nitrogens with one attached hydrogen (secondary N) is 1. The normalized spacial score (nSPS) is 23.8. The van der Waals surface area contributed by atoms with Gasteiger partial charge in [-0.25, -0.2) is 4.98 Å². The monoisotopic (exact) mass is 333 g/mol. The van der Waals surface area contributed by atoms with E-state index in [9.17, 15) is 4.79 Å². The molecule has 6 heteroatoms. The van der Waals surface area contributed by atoms with Crippen molar-refractivity contribution in [1.29, 1.82) is 0 Å². The highest BCUT2D eigenvalue weighted by Gasteiger charge is 2.25. The maximum absolute atomic E-state index is 12.4. The van der Waals surface area contributed by atoms with E-state index in [0.29, 0.717) is 18.2 Å². The molecule has 1 aliphatic heterocycles. The van der Waals surface area contributed by atoms with Crippen molar-refractivity contribution in [3.63, 3.8) is 0 Å². The third-order valence-electron chi connectivity index (χ3n) is 4.22. The molecule has 0 unspecified atom stereocenters. The Morgan fingerprint density at radius 1 is 1.43 bits per heavy atom. The molecule has 1 N–H and O–H groups in total. The summed E-state index contributed by atoms with van der Waals surface area (Å²) in [4.78, 5) is 19.0. The summed E-state index contributed by atoms with van der Waals surface area (Å²) < 4.78 is 6.80. The second-order valence-corrected chi connectivity index (χ2v) is 7.19. The molecule has 0 radical (unpaired) electrons. The molecule has 0 bridgehead atoms. The van der Waals surface area contributed by atoms with E-state index in [4.69, 9.17) is 4.74 Å². The van der Waals surface area contributed by atoms with E-state index in [-0.39, 0.29) is 18.1 Å². The lowest BCUT2D eigenvalue weighted by atomic mass is 10.1. The van der Waals surface area contributed by atoms with E-state index in [1.54, 1.807) is 16.8 Å². The lowest BCUT2D eigenvalue weighted by Crippen LogP contribution is -2.52. The zero-order valence-electron chi connectivity index (χ0n) is 13.8. The second-order valence-electron chi connectivity index (χ2n) is 6.31. The highest BCUT2D eigenvalue weighted by molar-refractivity contribution is 7.16. The molecule has 23 heavy (non-hydrogen) atoms. The van der Waals surface area contributed by atoms with Crippen molar-refractivity contribution >= 4 is 27.5 Å². The first-order chi connectivity index (χ1) is 11.0. The Kier molecular flexibility index (Phi) is 4.94. The van der Waals surface area contributed by atoms with Gasteiger partial charge in [0.25, 0.3) is 5.91 Å². The van der Waals surface area contributed by atoms with Crippen molar-refractivity contribution in [2.75, 3.05) is 19.6 Å². The number of hydrogen-bond acceptors (Lipinski definition) is 5. The summed E-state index contributed by atoms with van der Waals surface area (Å²) >= 11 is 1.55. The van der Waals surface area contributed by atoms with Crippen LogP contribution in [-0.2, 0) is 4.74 Å². The van der Waals surface area contributed by atoms with Crippen LogP contribution in [0.1, 0.15) is 31.1 Å². The number of hydrogen-bond donors (Lipinski definition) is 1. The fourth-order valence-corrected chi connectivity index (χ4v) is 3.76. The smallest absolute Gasteiger partial charge is 0.251 e. The maximum atomic E-state index is 12.4. The second kappa shape index (κ2) is 6.95. The molecule has 5 nitrogen and oxygen atoms in total. The Labute approximate surface area is 140 Å². The predicted octanol–water partition coefficient (Wildman–Crippen LogP) is 2.52. The minimum Gasteiger partial charge on any atom is -0.373 e. The van der Waals surface area contributed by atoms with E-state index in [0.717, 1.165) is 23.3 Å². The Balaban J connectivity index is 1.57. The van der Waals surface area contributed by atoms with Gasteiger partial charge >= 0.3 is 0 Å². The van der Waals surface area contributed by atoms with Crippen molar-refractivity contribution in [2.45, 2.75) is 39.0 Å². The summed E-state index contributed by atoms with van der Waals surface area (Å²) in [5, 5.41) is 3.05. The zero-order chi connectivity index (χ0) is 16.4. The largest absolute Gasteiger partial charge is 0.373 e. The highest BCUT2D eigenvalue weighted by atomic mass is 32.1. The lowest BCUT2D eigenvalue weighted by molar-refractivity contribution is -0.0778. The quantitative estimate of drug-likeness (QED) is 0.934. The molecule has 1 aromatic heterocycles. The predicted molar refractivity (Wildman–Crippen MR) is 93.0 cm³/mol. The van der Waals surface area contributed by atoms with E-state index >= 15 is 0 Å². The molecule has 0 aliphatic carbocycles. The molecule has 1 aromatic carbocycles. The van der Waals surface area contributed by atoms with Gasteiger partial charge in [-0.15, -0.1) is 11.3 Å². The first kappa shape index (κ1) is 16.4. The minimum atomic E-state index is -0.0264. The van der Waals surface area contributed by atoms with Crippen molar-refractivity contribution in [3.8, 4) is 0 Å². The summed E-state index contributed by atoms with van der Waals surface area (Å²) in [6.45, 7) is 8.80. The average molecular weight is 333 g/mol. The van der Waals surface area contributed by atoms with E-state index < -0.39 is 0 Å². The van der Waals surface area contributed by atoms with Gasteiger partial charge in [0.1, 0.15) is 0 Å². The number of amides is 1. The number of fused-ring (bicyclic) bond motifs is 1. The SMILES string of the molecule is C[C@@H]1CN([C@H](C)CNC(=O)c2ccc3ncsc3c2)C[C@H](C)O1. The zero-order valence-corrected chi connectivity index (χ0v) is 14.6. The fourth-order valence-electron chi connectivity index (χ4n) is 3.05. The number of aromatic nitrogens is 1. The lowest BCUT2D eigenvalue weighted by Gasteiger charge is -2.39. The third-order valence-corrected chi connectivity index (χ3v) is 5.01. The Bertz CT molecular complexity index is 677. The molecule has 2 aromatic rings. The number of benzene rings is 1. The molecule has 1 amide bonds. The Morgan fingerprint density at radius 2 is 2.17 bits per heavy atom. The van der Waals surface area contributed by atoms with Crippen molar-refractivity contribution < 1.29 is 9.53 Å². The average Bonchev–Trinajstić information content (AvgIpc) is 2.98. The number of morpholine rings is 1. The van der Waals surface area contributed by atoms with Gasteiger partial charge in [0, 0.05) is 31.2 Å². The van der Waals surface area contributed by atoms with Crippen LogP contribution in [0.15, 0.2) is 23.7 Å². The Hall–Kier alpha value is -1.50. The van der Waals surface area contributed by atoms with Crippen molar-refractivity contribution in [1.82, 2.24) is 15.2 Å². The first-order valence-electron chi connectivity index (χ1n) is 8.04. The topological polar surface area (TPSA) is 54.5 Å². The summed E-state index contributed by atoms with van der Waals surface area (Å²) in [7, 11) is 0. The van der Waals surface area contributed by atoms with Gasteiger partial charge in [-0.3, -0.25) is 9.69 Å². The van der Waals surface area contributed by atoms with Crippen LogP contribution in [0.2, 0.25) is 0 Å². The van der Waals surface area contributed by atoms with Crippen LogP contribution in [-0.4, -0.2) is 53.7 Å². The van der Waals surface area contributed by atoms with Gasteiger partial charge in [-0.1, -0.05) is 0 Å². The molecule has 3 atom stereocenters. The van der Waals surface area contributed by atoms with Gasteiger partial charge in [0.05, 0.1) is 27.9 Å². The first-order valence-corrected chi connectivity index (χ1v) is 8.92. The highest BCUT2D eigenvalue weighted by Crippen LogP contribution is 2.19. The van der Waals surface area contributed by atoms with Crippen molar-refractivity contribution in [3.05, 3.63) is 29.3 Å². The fraction of sp³-hybridized carbons (Fsp3) is 0.529. The molecule has 0 spiro atoms. The standard InChI is InChI=1S/C17H23N3O2S/c1-11(20-8-12(2)22-13(3)9-20)7-18-17(21)14-4-5-15-16(6-14)23-10-19-15/h4-6,10-13H,7-9H2,1-3H3,(H,18,21)/t11-,12-,13+/m1/s1. The van der Waals surface area contributed by atoms with Crippen LogP contribution in [0.4, 0.5) is 0 Å². The summed E-state index contributed by atoms with van der Waals surface area (Å²) in [6.07, 6.45) is 0.483. The number of thiazole rings is 1. The van der Waals surface area contributed by atoms with E-state index in [2.05, 4.69) is 36.0 Å². The molecule has 124 valence electrons. The molecule has 3 rings (SSSR count). The number of carbonyl (C=O) groups excluding carboxylic acids is 1. The summed E-state index contributed by atoms with van der Waals surface area (Å²) in [5.41, 5.74) is 3.43. The van der Waals surface area contributed by atoms with Crippen molar-refractivity contribution in [2.24, 2.45) is 0 Å². The van der Waals surface area contributed by atoms with E-state index in [1.165, 1.54) is 0 Å². The van der Waals surface area contributed by atoms with Crippen LogP contribution in [0, 0.1) is 0 Å². The van der Waals surface area contributed by atoms with Crippen LogP contribution >= 0.6 is 11.3 Å². The van der Waals surface area contributed by atoms with Crippen LogP contribution < -0.4 is 5.32 Å². The van der Waals surface area contributed by atoms with Gasteiger partial charge in [0.15, 0.2) is 0 Å². The Morgan fingerprint density at radius 3 is 2.91 bits per heavy atom. The molecular formula is C17H23N3O2S. The van der Waals surface area contributed by atoms with E-state index in [1.807, 2.05) is 18.2 Å². The number of rotatable bonds is 4. The molecule has 2 heterocycles. The summed E-state index contributed by atoms with van der Waals surface area (Å²) in [6, 6.07) is 5.93. The van der Waals surface area contributed by atoms with Crippen LogP contribution in [0.5, 0.6) is 0 Å². The summed E-state index contributed by atoms with van der Waals surface area (Å²) in [5.74, 6) is -0.0264. The molecule has 0 saturated carbocycles. The van der Waals surface area contributed by atoms with Gasteiger partial charge in [-0.2, -0.15) is 0 Å². The molecule has 1 saturated heterocycles. The number of nitrogens with zero attached hydrogens (tertiary/aromatic N) is 2. The number of carbonyl (C=O) groups is 1. The molecular weight excluding hydrogens is 310 g/mol. The minimum absolute atomic E-state index is 0.0264. The van der Waals surface area contributed by atoms with Gasteiger partial charge < -0.3 is 10.1 Å². The number of ether oxygens (including phenoxy) is 1. The molecule has 1 aliphatic rings. The molecule has 1 fully saturated rings. The maximum Gasteiger partial charge on any atom is 0.251 e. The van der Waals surface area contributed by atoms with Gasteiger partial charge in [-0.05, 0) is 39.0 Å².